The van der Waals surface area contributed by atoms with Gasteiger partial charge in [-0.05, 0) is 12.8 Å². The maximum atomic E-state index is 11.0. The van der Waals surface area contributed by atoms with E-state index in [-0.39, 0.29) is 12.4 Å². The molecule has 1 heterocycles. The van der Waals surface area contributed by atoms with Crippen LogP contribution in [0.15, 0.2) is 0 Å². The van der Waals surface area contributed by atoms with Crippen LogP contribution in [-0.4, -0.2) is 30.4 Å². The summed E-state index contributed by atoms with van der Waals surface area (Å²) in [5.41, 5.74) is 0. The molecule has 1 saturated heterocycles. The highest BCUT2D eigenvalue weighted by atomic mass is 32.1. The molecule has 0 amide bonds. The van der Waals surface area contributed by atoms with E-state index in [0.29, 0.717) is 18.8 Å². The zero-order chi connectivity index (χ0) is 9.68. The summed E-state index contributed by atoms with van der Waals surface area (Å²) in [6.45, 7) is 0.430. The number of hydrogen-bond donors (Lipinski definition) is 1. The number of esters is 2. The Hall–Kier alpha value is -0.710. The van der Waals surface area contributed by atoms with Crippen molar-refractivity contribution in [2.75, 3.05) is 12.4 Å². The van der Waals surface area contributed by atoms with Gasteiger partial charge in [0.05, 0.1) is 13.0 Å². The predicted octanol–water partition coefficient (Wildman–Crippen LogP) is 0.555. The third kappa shape index (κ3) is 3.26. The molecule has 4 nitrogen and oxygen atoms in total. The second-order valence-corrected chi connectivity index (χ2v) is 3.21. The molecule has 1 fully saturated rings. The third-order valence-corrected chi connectivity index (χ3v) is 1.93. The van der Waals surface area contributed by atoms with Crippen LogP contribution in [-0.2, 0) is 19.1 Å². The molecule has 0 spiro atoms. The second-order valence-electron chi connectivity index (χ2n) is 2.76. The Bertz CT molecular complexity index is 204. The lowest BCUT2D eigenvalue weighted by Gasteiger charge is -2.20. The molecule has 1 rings (SSSR count). The third-order valence-electron chi connectivity index (χ3n) is 1.71. The Kier molecular flexibility index (Phi) is 4.08. The highest BCUT2D eigenvalue weighted by molar-refractivity contribution is 7.80. The van der Waals surface area contributed by atoms with E-state index in [1.807, 2.05) is 0 Å². The molecule has 5 heteroatoms. The van der Waals surface area contributed by atoms with Crippen LogP contribution in [0.3, 0.4) is 0 Å². The van der Waals surface area contributed by atoms with E-state index in [0.717, 1.165) is 6.42 Å². The van der Waals surface area contributed by atoms with E-state index in [1.54, 1.807) is 0 Å². The smallest absolute Gasteiger partial charge is 0.347 e. The molecule has 0 aliphatic carbocycles. The Morgan fingerprint density at radius 3 is 3.08 bits per heavy atom. The van der Waals surface area contributed by atoms with Crippen molar-refractivity contribution < 1.29 is 19.1 Å². The maximum absolute atomic E-state index is 11.0. The van der Waals surface area contributed by atoms with Crippen LogP contribution in [0.1, 0.15) is 19.3 Å². The van der Waals surface area contributed by atoms with Gasteiger partial charge in [-0.2, -0.15) is 12.6 Å². The second kappa shape index (κ2) is 5.11. The molecule has 1 unspecified atom stereocenters. The molecular weight excluding hydrogens is 192 g/mol. The van der Waals surface area contributed by atoms with E-state index < -0.39 is 12.1 Å². The molecule has 1 atom stereocenters. The number of ether oxygens (including phenoxy) is 2. The van der Waals surface area contributed by atoms with Gasteiger partial charge in [0.25, 0.3) is 0 Å². The summed E-state index contributed by atoms with van der Waals surface area (Å²) in [4.78, 5) is 22.0. The number of thiol groups is 1. The predicted molar refractivity (Wildman–Crippen MR) is 48.5 cm³/mol. The van der Waals surface area contributed by atoms with Crippen LogP contribution in [0.2, 0.25) is 0 Å². The van der Waals surface area contributed by atoms with Crippen LogP contribution < -0.4 is 0 Å². The lowest BCUT2D eigenvalue weighted by Crippen LogP contribution is -2.33. The standard InChI is InChI=1S/C8H12O4S/c9-7(3-5-13)12-6-2-1-4-11-8(6)10/h6,13H,1-5H2. The van der Waals surface area contributed by atoms with Crippen molar-refractivity contribution in [1.82, 2.24) is 0 Å². The van der Waals surface area contributed by atoms with Crippen molar-refractivity contribution in [3.8, 4) is 0 Å². The van der Waals surface area contributed by atoms with E-state index in [1.165, 1.54) is 0 Å². The Morgan fingerprint density at radius 1 is 1.69 bits per heavy atom. The SMILES string of the molecule is O=C(CCS)OC1CCCOC1=O. The van der Waals surface area contributed by atoms with Crippen LogP contribution in [0.5, 0.6) is 0 Å². The number of hydrogen-bond acceptors (Lipinski definition) is 5. The van der Waals surface area contributed by atoms with Gasteiger partial charge in [0, 0.05) is 5.75 Å². The monoisotopic (exact) mass is 204 g/mol. The van der Waals surface area contributed by atoms with Gasteiger partial charge in [-0.15, -0.1) is 0 Å². The Morgan fingerprint density at radius 2 is 2.46 bits per heavy atom. The molecule has 0 aromatic carbocycles. The molecule has 0 aromatic rings. The lowest BCUT2D eigenvalue weighted by atomic mass is 10.1. The molecule has 0 N–H and O–H groups in total. The minimum atomic E-state index is -0.693. The van der Waals surface area contributed by atoms with Crippen molar-refractivity contribution >= 4 is 24.6 Å². The van der Waals surface area contributed by atoms with Gasteiger partial charge in [0.1, 0.15) is 0 Å². The number of carbonyl (C=O) groups excluding carboxylic acids is 2. The van der Waals surface area contributed by atoms with Crippen molar-refractivity contribution in [2.24, 2.45) is 0 Å². The fourth-order valence-corrected chi connectivity index (χ4v) is 1.25. The quantitative estimate of drug-likeness (QED) is 0.539. The topological polar surface area (TPSA) is 52.6 Å². The first kappa shape index (κ1) is 10.4. The highest BCUT2D eigenvalue weighted by Gasteiger charge is 2.27. The minimum Gasteiger partial charge on any atom is -0.463 e. The summed E-state index contributed by atoms with van der Waals surface area (Å²) in [6, 6.07) is 0. The Balaban J connectivity index is 2.33. The van der Waals surface area contributed by atoms with Gasteiger partial charge in [0.2, 0.25) is 0 Å². The maximum Gasteiger partial charge on any atom is 0.347 e. The molecular formula is C8H12O4S. The summed E-state index contributed by atoms with van der Waals surface area (Å²) < 4.78 is 9.62. The van der Waals surface area contributed by atoms with Crippen molar-refractivity contribution in [2.45, 2.75) is 25.4 Å². The van der Waals surface area contributed by atoms with Gasteiger partial charge < -0.3 is 9.47 Å². The first-order chi connectivity index (χ1) is 6.24. The zero-order valence-corrected chi connectivity index (χ0v) is 8.09. The average Bonchev–Trinajstić information content (AvgIpc) is 2.09. The number of carbonyl (C=O) groups is 2. The molecule has 1 aliphatic heterocycles. The molecule has 0 saturated carbocycles. The number of cyclic esters (lactones) is 1. The largest absolute Gasteiger partial charge is 0.463 e. The van der Waals surface area contributed by atoms with Gasteiger partial charge in [-0.25, -0.2) is 4.79 Å². The first-order valence-electron chi connectivity index (χ1n) is 4.21. The van der Waals surface area contributed by atoms with Gasteiger partial charge in [0.15, 0.2) is 6.10 Å². The minimum absolute atomic E-state index is 0.229. The first-order valence-corrected chi connectivity index (χ1v) is 4.84. The molecule has 13 heavy (non-hydrogen) atoms. The van der Waals surface area contributed by atoms with E-state index in [4.69, 9.17) is 9.47 Å². The summed E-state index contributed by atoms with van der Waals surface area (Å²) in [5, 5.41) is 0. The molecule has 74 valence electrons. The summed E-state index contributed by atoms with van der Waals surface area (Å²) >= 11 is 3.88. The van der Waals surface area contributed by atoms with Crippen LogP contribution in [0, 0.1) is 0 Å². The number of rotatable bonds is 3. The van der Waals surface area contributed by atoms with Gasteiger partial charge in [-0.3, -0.25) is 4.79 Å². The average molecular weight is 204 g/mol. The summed E-state index contributed by atoms with van der Waals surface area (Å²) in [6.07, 6.45) is 0.857. The zero-order valence-electron chi connectivity index (χ0n) is 7.19. The molecule has 1 aliphatic rings. The van der Waals surface area contributed by atoms with Crippen LogP contribution in [0.25, 0.3) is 0 Å². The van der Waals surface area contributed by atoms with Gasteiger partial charge in [-0.1, -0.05) is 0 Å². The van der Waals surface area contributed by atoms with Gasteiger partial charge >= 0.3 is 11.9 Å². The highest BCUT2D eigenvalue weighted by Crippen LogP contribution is 2.12. The van der Waals surface area contributed by atoms with Crippen LogP contribution >= 0.6 is 12.6 Å². The van der Waals surface area contributed by atoms with E-state index >= 15 is 0 Å². The van der Waals surface area contributed by atoms with Crippen molar-refractivity contribution in [3.05, 3.63) is 0 Å². The molecule has 0 aromatic heterocycles. The fourth-order valence-electron chi connectivity index (χ4n) is 1.07. The Labute approximate surface area is 82.0 Å². The fraction of sp³-hybridized carbons (Fsp3) is 0.750. The molecule has 0 radical (unpaired) electrons. The van der Waals surface area contributed by atoms with Crippen molar-refractivity contribution in [1.29, 1.82) is 0 Å². The van der Waals surface area contributed by atoms with E-state index in [9.17, 15) is 9.59 Å². The van der Waals surface area contributed by atoms with E-state index in [2.05, 4.69) is 12.6 Å². The van der Waals surface area contributed by atoms with Crippen LogP contribution in [0.4, 0.5) is 0 Å². The normalized spacial score (nSPS) is 22.2. The summed E-state index contributed by atoms with van der Waals surface area (Å²) in [7, 11) is 0. The van der Waals surface area contributed by atoms with Crippen molar-refractivity contribution in [3.63, 3.8) is 0 Å². The molecule has 0 bridgehead atoms. The summed E-state index contributed by atoms with van der Waals surface area (Å²) in [5.74, 6) is -0.391. The lowest BCUT2D eigenvalue weighted by molar-refractivity contribution is -0.172.